The number of hydrogen-bond donors (Lipinski definition) is 2. The van der Waals surface area contributed by atoms with Crippen molar-refractivity contribution < 1.29 is 37.9 Å². The molecular formula is C37H65O8P. The van der Waals surface area contributed by atoms with E-state index in [2.05, 4.69) is 67.0 Å². The molecule has 0 saturated carbocycles. The van der Waals surface area contributed by atoms with Crippen molar-refractivity contribution in [1.29, 1.82) is 0 Å². The normalized spacial score (nSPS) is 13.0. The first-order chi connectivity index (χ1) is 22.3. The Labute approximate surface area is 280 Å². The first-order valence-corrected chi connectivity index (χ1v) is 19.5. The first kappa shape index (κ1) is 44.0. The largest absolute Gasteiger partial charge is 0.469 e. The molecule has 0 fully saturated rings. The molecular weight excluding hydrogens is 603 g/mol. The smallest absolute Gasteiger partial charge is 0.462 e. The van der Waals surface area contributed by atoms with Crippen LogP contribution in [0, 0.1) is 0 Å². The second-order valence-electron chi connectivity index (χ2n) is 11.8. The van der Waals surface area contributed by atoms with Gasteiger partial charge in [-0.25, -0.2) is 4.57 Å². The van der Waals surface area contributed by atoms with Gasteiger partial charge in [-0.3, -0.25) is 14.1 Å². The van der Waals surface area contributed by atoms with Crippen LogP contribution in [0.25, 0.3) is 0 Å². The number of phosphoric ester groups is 1. The molecule has 0 bridgehead atoms. The van der Waals surface area contributed by atoms with Gasteiger partial charge in [0.15, 0.2) is 6.10 Å². The minimum atomic E-state index is -4.75. The number of carbonyl (C=O) groups is 2. The van der Waals surface area contributed by atoms with E-state index in [4.69, 9.17) is 19.3 Å². The van der Waals surface area contributed by atoms with E-state index in [-0.39, 0.29) is 19.4 Å². The van der Waals surface area contributed by atoms with E-state index in [0.29, 0.717) is 12.8 Å². The minimum Gasteiger partial charge on any atom is -0.462 e. The molecule has 8 nitrogen and oxygen atoms in total. The molecule has 0 aliphatic rings. The summed E-state index contributed by atoms with van der Waals surface area (Å²) in [6.07, 6.45) is 38.4. The molecule has 266 valence electrons. The molecule has 0 unspecified atom stereocenters. The van der Waals surface area contributed by atoms with Crippen LogP contribution in [0.5, 0.6) is 0 Å². The van der Waals surface area contributed by atoms with Crippen molar-refractivity contribution in [2.24, 2.45) is 0 Å². The highest BCUT2D eigenvalue weighted by Crippen LogP contribution is 2.35. The molecule has 0 amide bonds. The molecule has 1 atom stereocenters. The van der Waals surface area contributed by atoms with Crippen LogP contribution < -0.4 is 0 Å². The van der Waals surface area contributed by atoms with Gasteiger partial charge in [0.2, 0.25) is 0 Å². The summed E-state index contributed by atoms with van der Waals surface area (Å²) in [6, 6.07) is 0. The fraction of sp³-hybridized carbons (Fsp3) is 0.730. The Balaban J connectivity index is 4.03. The SMILES string of the molecule is CCCCC/C=C/C/C=C/C/C=C/C/C=C/CCCCCC(=O)OC[C@H](COP(=O)(O)O)OC(=O)CCCCCCCCCCC. The lowest BCUT2D eigenvalue weighted by Gasteiger charge is -2.18. The van der Waals surface area contributed by atoms with Crippen LogP contribution in [0.4, 0.5) is 0 Å². The van der Waals surface area contributed by atoms with Crippen LogP contribution in [0.2, 0.25) is 0 Å². The summed E-state index contributed by atoms with van der Waals surface area (Å²) in [5.74, 6) is -0.927. The molecule has 9 heteroatoms. The Morgan fingerprint density at radius 3 is 1.50 bits per heavy atom. The van der Waals surface area contributed by atoms with Gasteiger partial charge >= 0.3 is 19.8 Å². The summed E-state index contributed by atoms with van der Waals surface area (Å²) in [7, 11) is -4.75. The van der Waals surface area contributed by atoms with Gasteiger partial charge in [0.05, 0.1) is 6.61 Å². The minimum absolute atomic E-state index is 0.204. The average molecular weight is 669 g/mol. The Morgan fingerprint density at radius 1 is 0.565 bits per heavy atom. The molecule has 0 aromatic carbocycles. The summed E-state index contributed by atoms with van der Waals surface area (Å²) in [5, 5.41) is 0. The van der Waals surface area contributed by atoms with Gasteiger partial charge in [0, 0.05) is 12.8 Å². The van der Waals surface area contributed by atoms with Crippen LogP contribution in [0.3, 0.4) is 0 Å². The van der Waals surface area contributed by atoms with Crippen molar-refractivity contribution in [2.45, 2.75) is 161 Å². The van der Waals surface area contributed by atoms with Crippen LogP contribution in [-0.2, 0) is 28.2 Å². The number of allylic oxidation sites excluding steroid dienone is 8. The third kappa shape index (κ3) is 34.9. The molecule has 0 saturated heterocycles. The fourth-order valence-electron chi connectivity index (χ4n) is 4.65. The van der Waals surface area contributed by atoms with Crippen molar-refractivity contribution in [2.75, 3.05) is 13.2 Å². The van der Waals surface area contributed by atoms with E-state index in [1.165, 1.54) is 57.8 Å². The summed E-state index contributed by atoms with van der Waals surface area (Å²) in [6.45, 7) is 3.58. The predicted molar refractivity (Wildman–Crippen MR) is 188 cm³/mol. The number of unbranched alkanes of at least 4 members (excludes halogenated alkanes) is 14. The Kier molecular flexibility index (Phi) is 31.5. The third-order valence-corrected chi connectivity index (χ3v) is 7.84. The van der Waals surface area contributed by atoms with Crippen molar-refractivity contribution >= 4 is 19.8 Å². The number of rotatable bonds is 32. The fourth-order valence-corrected chi connectivity index (χ4v) is 5.01. The number of phosphoric acid groups is 1. The molecule has 0 spiro atoms. The summed E-state index contributed by atoms with van der Waals surface area (Å²) in [5.41, 5.74) is 0. The maximum atomic E-state index is 12.3. The van der Waals surface area contributed by atoms with Crippen LogP contribution in [-0.4, -0.2) is 41.0 Å². The maximum Gasteiger partial charge on any atom is 0.469 e. The van der Waals surface area contributed by atoms with Crippen molar-refractivity contribution in [1.82, 2.24) is 0 Å². The Hall–Kier alpha value is -1.99. The molecule has 0 aromatic rings. The van der Waals surface area contributed by atoms with E-state index >= 15 is 0 Å². The molecule has 0 heterocycles. The molecule has 46 heavy (non-hydrogen) atoms. The molecule has 0 aliphatic heterocycles. The van der Waals surface area contributed by atoms with E-state index in [0.717, 1.165) is 57.8 Å². The lowest BCUT2D eigenvalue weighted by molar-refractivity contribution is -0.161. The topological polar surface area (TPSA) is 119 Å². The molecule has 0 aromatic heterocycles. The zero-order valence-electron chi connectivity index (χ0n) is 29.0. The van der Waals surface area contributed by atoms with E-state index in [1.54, 1.807) is 0 Å². The monoisotopic (exact) mass is 668 g/mol. The summed E-state index contributed by atoms with van der Waals surface area (Å²) < 4.78 is 26.2. The van der Waals surface area contributed by atoms with Crippen LogP contribution in [0.1, 0.15) is 155 Å². The highest BCUT2D eigenvalue weighted by atomic mass is 31.2. The van der Waals surface area contributed by atoms with Crippen molar-refractivity contribution in [3.8, 4) is 0 Å². The van der Waals surface area contributed by atoms with Gasteiger partial charge < -0.3 is 19.3 Å². The Bertz CT molecular complexity index is 890. The first-order valence-electron chi connectivity index (χ1n) is 17.9. The maximum absolute atomic E-state index is 12.3. The summed E-state index contributed by atoms with van der Waals surface area (Å²) >= 11 is 0. The quantitative estimate of drug-likeness (QED) is 0.0315. The van der Waals surface area contributed by atoms with Crippen molar-refractivity contribution in [3.63, 3.8) is 0 Å². The van der Waals surface area contributed by atoms with Gasteiger partial charge in [-0.15, -0.1) is 0 Å². The van der Waals surface area contributed by atoms with Crippen LogP contribution >= 0.6 is 7.82 Å². The van der Waals surface area contributed by atoms with E-state index in [1.807, 2.05) is 0 Å². The third-order valence-electron chi connectivity index (χ3n) is 7.35. The van der Waals surface area contributed by atoms with E-state index < -0.39 is 32.5 Å². The number of esters is 2. The molecule has 2 N–H and O–H groups in total. The molecule has 0 radical (unpaired) electrons. The molecule has 0 aliphatic carbocycles. The van der Waals surface area contributed by atoms with Crippen LogP contribution in [0.15, 0.2) is 48.6 Å². The lowest BCUT2D eigenvalue weighted by atomic mass is 10.1. The second-order valence-corrected chi connectivity index (χ2v) is 13.1. The highest BCUT2D eigenvalue weighted by Gasteiger charge is 2.22. The van der Waals surface area contributed by atoms with Gasteiger partial charge in [0.25, 0.3) is 0 Å². The zero-order valence-corrected chi connectivity index (χ0v) is 29.9. The highest BCUT2D eigenvalue weighted by molar-refractivity contribution is 7.46. The van der Waals surface area contributed by atoms with Crippen molar-refractivity contribution in [3.05, 3.63) is 48.6 Å². The molecule has 0 rings (SSSR count). The van der Waals surface area contributed by atoms with Gasteiger partial charge in [-0.1, -0.05) is 133 Å². The van der Waals surface area contributed by atoms with Gasteiger partial charge in [0.1, 0.15) is 6.61 Å². The summed E-state index contributed by atoms with van der Waals surface area (Å²) in [4.78, 5) is 42.5. The Morgan fingerprint density at radius 2 is 0.978 bits per heavy atom. The average Bonchev–Trinajstić information content (AvgIpc) is 3.02. The standard InChI is InChI=1S/C37H65O8P/c1-3-5-7-9-11-13-14-15-16-17-18-19-20-21-22-24-25-27-29-31-36(38)43-33-35(34-44-46(40,41)42)45-37(39)32-30-28-26-23-12-10-8-6-4-2/h11,13,15-16,18-19,21-22,35H,3-10,12,14,17,20,23-34H2,1-2H3,(H2,40,41,42)/b13-11+,16-15+,19-18+,22-21+/t35-/m1/s1. The predicted octanol–water partition coefficient (Wildman–Crippen LogP) is 10.4. The second kappa shape index (κ2) is 32.9. The number of carbonyl (C=O) groups excluding carboxylic acids is 2. The number of hydrogen-bond acceptors (Lipinski definition) is 6. The number of ether oxygens (including phenoxy) is 2. The van der Waals surface area contributed by atoms with E-state index in [9.17, 15) is 14.2 Å². The van der Waals surface area contributed by atoms with Gasteiger partial charge in [-0.05, 0) is 57.8 Å². The van der Waals surface area contributed by atoms with Gasteiger partial charge in [-0.2, -0.15) is 0 Å². The lowest BCUT2D eigenvalue weighted by Crippen LogP contribution is -2.29. The zero-order chi connectivity index (χ0) is 34.0.